The first-order valence-electron chi connectivity index (χ1n) is 9.70. The number of hydrogen-bond donors (Lipinski definition) is 0. The molecule has 2 aromatic heterocycles. The summed E-state index contributed by atoms with van der Waals surface area (Å²) >= 11 is 2.89. The van der Waals surface area contributed by atoms with Gasteiger partial charge in [-0.1, -0.05) is 36.1 Å². The number of para-hydroxylation sites is 2. The van der Waals surface area contributed by atoms with Gasteiger partial charge in [0.05, 0.1) is 44.8 Å². The van der Waals surface area contributed by atoms with Gasteiger partial charge in [0.1, 0.15) is 11.6 Å². The molecule has 8 heteroatoms. The summed E-state index contributed by atoms with van der Waals surface area (Å²) in [5.41, 5.74) is 0.453. The molecule has 0 atom stereocenters. The molecule has 0 saturated heterocycles. The molecule has 4 aromatic rings. The highest BCUT2D eigenvalue weighted by Crippen LogP contribution is 2.17. The third kappa shape index (κ3) is 4.16. The molecule has 0 N–H and O–H groups in total. The van der Waals surface area contributed by atoms with Crippen LogP contribution in [0.2, 0.25) is 0 Å². The van der Waals surface area contributed by atoms with Crippen LogP contribution in [0, 0.1) is 24.7 Å². The second kappa shape index (κ2) is 9.78. The van der Waals surface area contributed by atoms with Crippen LogP contribution in [0.15, 0.2) is 58.1 Å². The smallest absolute Gasteiger partial charge is 0.267 e. The van der Waals surface area contributed by atoms with Crippen molar-refractivity contribution in [2.24, 2.45) is 0 Å². The Labute approximate surface area is 193 Å². The lowest BCUT2D eigenvalue weighted by molar-refractivity contribution is 0.548. The number of nitrogens with zero attached hydrogens (tertiary/aromatic N) is 4. The zero-order valence-corrected chi connectivity index (χ0v) is 18.7. The van der Waals surface area contributed by atoms with Crippen LogP contribution in [0.4, 0.5) is 0 Å². The van der Waals surface area contributed by atoms with Gasteiger partial charge in [0.2, 0.25) is 0 Å². The van der Waals surface area contributed by atoms with E-state index in [0.717, 1.165) is 0 Å². The maximum atomic E-state index is 13.6. The van der Waals surface area contributed by atoms with E-state index in [-0.39, 0.29) is 11.1 Å². The van der Waals surface area contributed by atoms with E-state index in [4.69, 9.17) is 12.8 Å². The Morgan fingerprint density at radius 3 is 1.53 bits per heavy atom. The summed E-state index contributed by atoms with van der Waals surface area (Å²) < 4.78 is 2.67. The lowest BCUT2D eigenvalue weighted by Crippen LogP contribution is -2.40. The number of fused-ring (bicyclic) bond motifs is 2. The Kier molecular flexibility index (Phi) is 6.65. The standard InChI is InChI=1S/C24H18N4O2S2/c1-3-13-31-15-21-25-19-11-7-5-9-17(19)23(29)27(21)28-22(16-32-14-4-2)26-20-12-8-6-10-18(20)24(28)30/h1-2,5-12H,13-16H2. The number of thioether (sulfide) groups is 2. The summed E-state index contributed by atoms with van der Waals surface area (Å²) in [4.78, 5) is 36.6. The van der Waals surface area contributed by atoms with Gasteiger partial charge in [-0.05, 0) is 24.3 Å². The molecular formula is C24H18N4O2S2. The highest BCUT2D eigenvalue weighted by Gasteiger charge is 2.19. The maximum Gasteiger partial charge on any atom is 0.280 e. The third-order valence-electron chi connectivity index (χ3n) is 4.67. The molecule has 158 valence electrons. The highest BCUT2D eigenvalue weighted by molar-refractivity contribution is 7.98. The minimum absolute atomic E-state index is 0.339. The van der Waals surface area contributed by atoms with Crippen LogP contribution < -0.4 is 11.1 Å². The monoisotopic (exact) mass is 458 g/mol. The Morgan fingerprint density at radius 1 is 0.719 bits per heavy atom. The van der Waals surface area contributed by atoms with Crippen molar-refractivity contribution in [1.82, 2.24) is 19.3 Å². The fraction of sp³-hybridized carbons (Fsp3) is 0.167. The lowest BCUT2D eigenvalue weighted by atomic mass is 10.2. The number of aromatic nitrogens is 4. The summed E-state index contributed by atoms with van der Waals surface area (Å²) in [7, 11) is 0. The molecule has 0 aliphatic heterocycles. The number of terminal acetylenes is 2. The van der Waals surface area contributed by atoms with E-state index in [1.807, 2.05) is 12.1 Å². The van der Waals surface area contributed by atoms with Gasteiger partial charge in [-0.25, -0.2) is 9.97 Å². The van der Waals surface area contributed by atoms with Gasteiger partial charge < -0.3 is 0 Å². The molecule has 0 bridgehead atoms. The van der Waals surface area contributed by atoms with E-state index < -0.39 is 0 Å². The summed E-state index contributed by atoms with van der Waals surface area (Å²) in [6.07, 6.45) is 10.8. The first kappa shape index (κ1) is 21.8. The average molecular weight is 459 g/mol. The molecule has 6 nitrogen and oxygen atoms in total. The summed E-state index contributed by atoms with van der Waals surface area (Å²) in [6, 6.07) is 14.1. The van der Waals surface area contributed by atoms with Gasteiger partial charge in [-0.3, -0.25) is 9.59 Å². The molecule has 0 radical (unpaired) electrons. The predicted octanol–water partition coefficient (Wildman–Crippen LogP) is 3.15. The van der Waals surface area contributed by atoms with Crippen LogP contribution in [-0.2, 0) is 11.5 Å². The Morgan fingerprint density at radius 2 is 1.12 bits per heavy atom. The largest absolute Gasteiger partial charge is 0.280 e. The normalized spacial score (nSPS) is 10.8. The molecule has 0 spiro atoms. The molecule has 0 aliphatic carbocycles. The van der Waals surface area contributed by atoms with E-state index in [2.05, 4.69) is 21.8 Å². The predicted molar refractivity (Wildman–Crippen MR) is 133 cm³/mol. The molecule has 0 fully saturated rings. The third-order valence-corrected chi connectivity index (χ3v) is 6.34. The fourth-order valence-electron chi connectivity index (χ4n) is 3.34. The zero-order chi connectivity index (χ0) is 22.5. The van der Waals surface area contributed by atoms with Crippen molar-refractivity contribution in [2.75, 3.05) is 11.5 Å². The number of benzene rings is 2. The van der Waals surface area contributed by atoms with Crippen molar-refractivity contribution in [2.45, 2.75) is 11.5 Å². The topological polar surface area (TPSA) is 69.8 Å². The molecule has 32 heavy (non-hydrogen) atoms. The van der Waals surface area contributed by atoms with Gasteiger partial charge in [-0.15, -0.1) is 36.4 Å². The SMILES string of the molecule is C#CCSCc1nc2ccccc2c(=O)n1-n1c(CSCC#C)nc2ccccc2c1=O. The summed E-state index contributed by atoms with van der Waals surface area (Å²) in [5.74, 6) is 7.64. The second-order valence-corrected chi connectivity index (χ2v) is 8.69. The van der Waals surface area contributed by atoms with Gasteiger partial charge in [0.15, 0.2) is 0 Å². The van der Waals surface area contributed by atoms with Crippen molar-refractivity contribution in [3.8, 4) is 24.7 Å². The molecule has 2 aromatic carbocycles. The van der Waals surface area contributed by atoms with Gasteiger partial charge in [0, 0.05) is 0 Å². The van der Waals surface area contributed by atoms with E-state index in [1.165, 1.54) is 32.9 Å². The highest BCUT2D eigenvalue weighted by atomic mass is 32.2. The van der Waals surface area contributed by atoms with Crippen molar-refractivity contribution in [3.63, 3.8) is 0 Å². The Balaban J connectivity index is 2.05. The van der Waals surface area contributed by atoms with E-state index in [9.17, 15) is 9.59 Å². The number of rotatable bonds is 7. The molecule has 0 saturated carbocycles. The van der Waals surface area contributed by atoms with Crippen LogP contribution in [-0.4, -0.2) is 30.8 Å². The van der Waals surface area contributed by atoms with E-state index in [0.29, 0.717) is 56.5 Å². The van der Waals surface area contributed by atoms with Gasteiger partial charge in [0.25, 0.3) is 11.1 Å². The van der Waals surface area contributed by atoms with Crippen molar-refractivity contribution in [1.29, 1.82) is 0 Å². The average Bonchev–Trinajstić information content (AvgIpc) is 2.81. The van der Waals surface area contributed by atoms with Crippen LogP contribution in [0.5, 0.6) is 0 Å². The minimum Gasteiger partial charge on any atom is -0.267 e. The van der Waals surface area contributed by atoms with Crippen molar-refractivity contribution >= 4 is 45.3 Å². The quantitative estimate of drug-likeness (QED) is 0.313. The molecule has 2 heterocycles. The summed E-state index contributed by atoms with van der Waals surface area (Å²) in [5, 5.41) is 0.834. The van der Waals surface area contributed by atoms with Gasteiger partial charge in [-0.2, -0.15) is 9.35 Å². The molecule has 0 unspecified atom stereocenters. The van der Waals surface area contributed by atoms with Crippen molar-refractivity contribution in [3.05, 3.63) is 80.9 Å². The molecule has 0 amide bonds. The first-order valence-corrected chi connectivity index (χ1v) is 12.0. The van der Waals surface area contributed by atoms with Crippen LogP contribution in [0.25, 0.3) is 21.8 Å². The van der Waals surface area contributed by atoms with E-state index >= 15 is 0 Å². The molecular weight excluding hydrogens is 440 g/mol. The summed E-state index contributed by atoms with van der Waals surface area (Å²) in [6.45, 7) is 0. The molecule has 0 aliphatic rings. The van der Waals surface area contributed by atoms with Gasteiger partial charge >= 0.3 is 0 Å². The second-order valence-electron chi connectivity index (χ2n) is 6.72. The Bertz CT molecular complexity index is 1390. The fourth-order valence-corrected chi connectivity index (χ4v) is 4.52. The van der Waals surface area contributed by atoms with Crippen molar-refractivity contribution < 1.29 is 0 Å². The van der Waals surface area contributed by atoms with Crippen LogP contribution >= 0.6 is 23.5 Å². The number of hydrogen-bond acceptors (Lipinski definition) is 6. The minimum atomic E-state index is -0.339. The van der Waals surface area contributed by atoms with Crippen LogP contribution in [0.1, 0.15) is 11.6 Å². The Hall–Kier alpha value is -3.46. The van der Waals surface area contributed by atoms with E-state index in [1.54, 1.807) is 36.4 Å². The van der Waals surface area contributed by atoms with Crippen LogP contribution in [0.3, 0.4) is 0 Å². The first-order chi connectivity index (χ1) is 15.7. The molecule has 4 rings (SSSR count). The zero-order valence-electron chi connectivity index (χ0n) is 17.0. The maximum absolute atomic E-state index is 13.6. The lowest BCUT2D eigenvalue weighted by Gasteiger charge is -2.18.